The van der Waals surface area contributed by atoms with E-state index in [-0.39, 0.29) is 23.9 Å². The number of aromatic nitrogens is 3. The molecule has 1 aromatic carbocycles. The number of hydrogen-bond acceptors (Lipinski definition) is 8. The molecule has 0 amide bonds. The van der Waals surface area contributed by atoms with Crippen LogP contribution in [0.25, 0.3) is 0 Å². The zero-order valence-electron chi connectivity index (χ0n) is 12.2. The Labute approximate surface area is 132 Å². The van der Waals surface area contributed by atoms with Gasteiger partial charge >= 0.3 is 0 Å². The molecule has 0 bridgehead atoms. The zero-order chi connectivity index (χ0) is 16.1. The highest BCUT2D eigenvalue weighted by molar-refractivity contribution is 6.31. The average Bonchev–Trinajstić information content (AvgIpc) is 2.53. The summed E-state index contributed by atoms with van der Waals surface area (Å²) in [6.45, 7) is 3.93. The van der Waals surface area contributed by atoms with Gasteiger partial charge in [0.25, 0.3) is 11.9 Å². The molecule has 118 valence electrons. The van der Waals surface area contributed by atoms with E-state index in [1.165, 1.54) is 0 Å². The summed E-state index contributed by atoms with van der Waals surface area (Å²) in [7, 11) is 0. The van der Waals surface area contributed by atoms with Crippen molar-refractivity contribution in [1.29, 1.82) is 0 Å². The van der Waals surface area contributed by atoms with Gasteiger partial charge in [-0.05, 0) is 25.5 Å². The lowest BCUT2D eigenvalue weighted by molar-refractivity contribution is 0.222. The maximum absolute atomic E-state index is 9.89. The summed E-state index contributed by atoms with van der Waals surface area (Å²) in [5, 5.41) is 23.4. The second kappa shape index (κ2) is 7.21. The second-order valence-electron chi connectivity index (χ2n) is 4.78. The van der Waals surface area contributed by atoms with Gasteiger partial charge < -0.3 is 5.32 Å². The molecule has 2 rings (SSSR count). The largest absolute Gasteiger partial charge is 0.350 e. The molecule has 0 fully saturated rings. The minimum absolute atomic E-state index is 0.0169. The van der Waals surface area contributed by atoms with Crippen LogP contribution >= 0.6 is 11.6 Å². The highest BCUT2D eigenvalue weighted by atomic mass is 35.5. The molecule has 0 saturated carbocycles. The summed E-state index contributed by atoms with van der Waals surface area (Å²) in [5.41, 5.74) is 2.71. The SMILES string of the molecule is CC(C)N(O)c1nc(NO)nc(NCc2ccccc2Cl)n1. The first-order chi connectivity index (χ1) is 10.5. The Hall–Kier alpha value is -2.16. The van der Waals surface area contributed by atoms with Gasteiger partial charge in [-0.25, -0.2) is 10.5 Å². The monoisotopic (exact) mass is 324 g/mol. The van der Waals surface area contributed by atoms with Crippen LogP contribution in [0.3, 0.4) is 0 Å². The van der Waals surface area contributed by atoms with Crippen molar-refractivity contribution in [3.8, 4) is 0 Å². The normalized spacial score (nSPS) is 10.6. The summed E-state index contributed by atoms with van der Waals surface area (Å²) in [5.74, 6) is 0.135. The molecular weight excluding hydrogens is 308 g/mol. The third-order valence-electron chi connectivity index (χ3n) is 2.81. The van der Waals surface area contributed by atoms with E-state index >= 15 is 0 Å². The summed E-state index contributed by atoms with van der Waals surface area (Å²) in [6, 6.07) is 7.13. The number of halogens is 1. The number of rotatable bonds is 6. The van der Waals surface area contributed by atoms with Gasteiger partial charge in [0.05, 0.1) is 6.04 Å². The van der Waals surface area contributed by atoms with Gasteiger partial charge in [0.15, 0.2) is 0 Å². The topological polar surface area (TPSA) is 106 Å². The van der Waals surface area contributed by atoms with Crippen LogP contribution in [0.15, 0.2) is 24.3 Å². The van der Waals surface area contributed by atoms with Crippen molar-refractivity contribution in [3.63, 3.8) is 0 Å². The fourth-order valence-corrected chi connectivity index (χ4v) is 1.85. The molecule has 0 atom stereocenters. The summed E-state index contributed by atoms with van der Waals surface area (Å²) in [6.07, 6.45) is 0. The quantitative estimate of drug-likeness (QED) is 0.601. The van der Waals surface area contributed by atoms with E-state index in [0.717, 1.165) is 10.6 Å². The Morgan fingerprint density at radius 2 is 1.86 bits per heavy atom. The van der Waals surface area contributed by atoms with Crippen LogP contribution in [0.1, 0.15) is 19.4 Å². The standard InChI is InChI=1S/C13H17ClN6O2/c1-8(2)20(22)13-17-11(16-12(18-13)19-21)15-7-9-5-3-4-6-10(9)14/h3-6,8,21-22H,7H2,1-2H3,(H2,15,16,17,18,19). The molecule has 9 heteroatoms. The minimum atomic E-state index is -0.231. The third kappa shape index (κ3) is 3.94. The van der Waals surface area contributed by atoms with Gasteiger partial charge in [-0.3, -0.25) is 10.4 Å². The Morgan fingerprint density at radius 3 is 2.50 bits per heavy atom. The lowest BCUT2D eigenvalue weighted by atomic mass is 10.2. The minimum Gasteiger partial charge on any atom is -0.350 e. The van der Waals surface area contributed by atoms with E-state index < -0.39 is 0 Å². The van der Waals surface area contributed by atoms with Gasteiger partial charge in [0.2, 0.25) is 5.95 Å². The van der Waals surface area contributed by atoms with Crippen molar-refractivity contribution in [3.05, 3.63) is 34.9 Å². The molecule has 0 radical (unpaired) electrons. The van der Waals surface area contributed by atoms with Crippen LogP contribution in [0.2, 0.25) is 5.02 Å². The van der Waals surface area contributed by atoms with Gasteiger partial charge in [0.1, 0.15) is 0 Å². The van der Waals surface area contributed by atoms with Gasteiger partial charge in [-0.1, -0.05) is 29.8 Å². The first kappa shape index (κ1) is 16.2. The molecule has 0 aliphatic rings. The third-order valence-corrected chi connectivity index (χ3v) is 3.18. The first-order valence-corrected chi connectivity index (χ1v) is 7.00. The number of hydrogen-bond donors (Lipinski definition) is 4. The molecule has 1 heterocycles. The number of anilines is 3. The van der Waals surface area contributed by atoms with Gasteiger partial charge in [-0.2, -0.15) is 15.0 Å². The van der Waals surface area contributed by atoms with E-state index in [4.69, 9.17) is 16.8 Å². The smallest absolute Gasteiger partial charge is 0.256 e. The molecular formula is C13H17ClN6O2. The van der Waals surface area contributed by atoms with E-state index in [2.05, 4.69) is 20.3 Å². The molecule has 1 aromatic heterocycles. The lowest BCUT2D eigenvalue weighted by Crippen LogP contribution is -2.29. The van der Waals surface area contributed by atoms with Crippen LogP contribution < -0.4 is 15.9 Å². The van der Waals surface area contributed by atoms with Crippen LogP contribution in [0.4, 0.5) is 17.8 Å². The fraction of sp³-hybridized carbons (Fsp3) is 0.308. The fourth-order valence-electron chi connectivity index (χ4n) is 1.64. The summed E-state index contributed by atoms with van der Waals surface area (Å²) >= 11 is 6.08. The maximum atomic E-state index is 9.89. The molecule has 0 unspecified atom stereocenters. The highest BCUT2D eigenvalue weighted by Gasteiger charge is 2.14. The Bertz CT molecular complexity index is 640. The molecule has 22 heavy (non-hydrogen) atoms. The number of benzene rings is 1. The average molecular weight is 325 g/mol. The maximum Gasteiger partial charge on any atom is 0.256 e. The Balaban J connectivity index is 2.20. The van der Waals surface area contributed by atoms with Crippen molar-refractivity contribution in [2.75, 3.05) is 15.9 Å². The van der Waals surface area contributed by atoms with Crippen LogP contribution in [0, 0.1) is 0 Å². The van der Waals surface area contributed by atoms with Crippen LogP contribution in [-0.4, -0.2) is 31.4 Å². The van der Waals surface area contributed by atoms with E-state index in [9.17, 15) is 5.21 Å². The van der Waals surface area contributed by atoms with Crippen molar-refractivity contribution in [2.45, 2.75) is 26.4 Å². The lowest BCUT2D eigenvalue weighted by Gasteiger charge is -2.19. The summed E-state index contributed by atoms with van der Waals surface area (Å²) < 4.78 is 0. The van der Waals surface area contributed by atoms with Gasteiger partial charge in [-0.15, -0.1) is 0 Å². The van der Waals surface area contributed by atoms with Crippen LogP contribution in [-0.2, 0) is 6.54 Å². The van der Waals surface area contributed by atoms with E-state index in [1.807, 2.05) is 23.7 Å². The van der Waals surface area contributed by atoms with E-state index in [0.29, 0.717) is 11.6 Å². The van der Waals surface area contributed by atoms with E-state index in [1.54, 1.807) is 19.9 Å². The Kier molecular flexibility index (Phi) is 5.31. The second-order valence-corrected chi connectivity index (χ2v) is 5.18. The van der Waals surface area contributed by atoms with Crippen molar-refractivity contribution in [2.24, 2.45) is 0 Å². The van der Waals surface area contributed by atoms with Gasteiger partial charge in [0, 0.05) is 11.6 Å². The van der Waals surface area contributed by atoms with Crippen LogP contribution in [0.5, 0.6) is 0 Å². The number of hydroxylamine groups is 1. The first-order valence-electron chi connectivity index (χ1n) is 6.63. The molecule has 0 aliphatic heterocycles. The molecule has 0 aliphatic carbocycles. The molecule has 8 nitrogen and oxygen atoms in total. The predicted octanol–water partition coefficient (Wildman–Crippen LogP) is 2.54. The number of nitrogens with one attached hydrogen (secondary N) is 2. The molecule has 2 aromatic rings. The molecule has 0 spiro atoms. The highest BCUT2D eigenvalue weighted by Crippen LogP contribution is 2.18. The van der Waals surface area contributed by atoms with Crippen molar-refractivity contribution in [1.82, 2.24) is 15.0 Å². The predicted molar refractivity (Wildman–Crippen MR) is 83.4 cm³/mol. The van der Waals surface area contributed by atoms with Crippen molar-refractivity contribution >= 4 is 29.4 Å². The summed E-state index contributed by atoms with van der Waals surface area (Å²) in [4.78, 5) is 11.9. The van der Waals surface area contributed by atoms with Crippen molar-refractivity contribution < 1.29 is 10.4 Å². The molecule has 4 N–H and O–H groups in total. The molecule has 0 saturated heterocycles. The number of nitrogens with zero attached hydrogens (tertiary/aromatic N) is 4. The zero-order valence-corrected chi connectivity index (χ0v) is 12.9. The Morgan fingerprint density at radius 1 is 1.18 bits per heavy atom.